The molecule has 0 atom stereocenters. The lowest BCUT2D eigenvalue weighted by molar-refractivity contribution is -0.114. The molecule has 0 aliphatic heterocycles. The number of carbonyl (C=O) groups excluding carboxylic acids is 1. The van der Waals surface area contributed by atoms with E-state index in [0.717, 1.165) is 21.3 Å². The van der Waals surface area contributed by atoms with Gasteiger partial charge in [0.1, 0.15) is 6.54 Å². The molecule has 0 unspecified atom stereocenters. The van der Waals surface area contributed by atoms with Crippen LogP contribution in [0.1, 0.15) is 0 Å². The van der Waals surface area contributed by atoms with Crippen molar-refractivity contribution in [3.05, 3.63) is 55.1 Å². The lowest BCUT2D eigenvalue weighted by Crippen LogP contribution is -2.37. The number of fused-ring (bicyclic) bond motifs is 1. The number of sulfonamides is 1. The number of carbonyl (C=O) groups is 1. The largest absolute Gasteiger partial charge is 0.299 e. The first-order chi connectivity index (χ1) is 13.4. The molecule has 7 nitrogen and oxygen atoms in total. The molecule has 2 aromatic carbocycles. The molecule has 10 heteroatoms. The van der Waals surface area contributed by atoms with Gasteiger partial charge in [-0.05, 0) is 11.5 Å². The number of aromatic nitrogens is 2. The van der Waals surface area contributed by atoms with Crippen LogP contribution in [0.15, 0.2) is 59.5 Å². The molecule has 3 aromatic rings. The molecule has 28 heavy (non-hydrogen) atoms. The minimum absolute atomic E-state index is 0.322. The molecule has 1 heterocycles. The zero-order valence-electron chi connectivity index (χ0n) is 15.0. The zero-order chi connectivity index (χ0) is 20.1. The molecule has 3 rings (SSSR count). The van der Waals surface area contributed by atoms with Gasteiger partial charge in [0, 0.05) is 11.1 Å². The van der Waals surface area contributed by atoms with Crippen LogP contribution in [0.4, 0.5) is 10.8 Å². The molecule has 0 saturated carbocycles. The van der Waals surface area contributed by atoms with E-state index in [4.69, 9.17) is 0 Å². The summed E-state index contributed by atoms with van der Waals surface area (Å²) >= 11 is 2.68. The van der Waals surface area contributed by atoms with Gasteiger partial charge in [-0.3, -0.25) is 14.4 Å². The van der Waals surface area contributed by atoms with E-state index in [-0.39, 0.29) is 6.54 Å². The van der Waals surface area contributed by atoms with Crippen LogP contribution in [0.5, 0.6) is 0 Å². The Morgan fingerprint density at radius 1 is 1.25 bits per heavy atom. The highest BCUT2D eigenvalue weighted by atomic mass is 32.2. The summed E-state index contributed by atoms with van der Waals surface area (Å²) in [6.07, 6.45) is 2.83. The quantitative estimate of drug-likeness (QED) is 0.332. The lowest BCUT2D eigenvalue weighted by Gasteiger charge is -2.23. The van der Waals surface area contributed by atoms with Crippen molar-refractivity contribution in [1.29, 1.82) is 0 Å². The number of nitrogens with one attached hydrogen (secondary N) is 1. The average molecular weight is 435 g/mol. The minimum atomic E-state index is -3.68. The Morgan fingerprint density at radius 3 is 2.75 bits per heavy atom. The van der Waals surface area contributed by atoms with E-state index in [0.29, 0.717) is 20.9 Å². The first-order valence-electron chi connectivity index (χ1n) is 8.21. The summed E-state index contributed by atoms with van der Waals surface area (Å²) < 4.78 is 26.6. The van der Waals surface area contributed by atoms with Crippen molar-refractivity contribution < 1.29 is 13.2 Å². The van der Waals surface area contributed by atoms with Crippen molar-refractivity contribution in [3.8, 4) is 0 Å². The second-order valence-corrected chi connectivity index (χ2v) is 9.94. The summed E-state index contributed by atoms with van der Waals surface area (Å²) in [4.78, 5) is 12.5. The van der Waals surface area contributed by atoms with Gasteiger partial charge in [-0.2, -0.15) is 0 Å². The Kier molecular flexibility index (Phi) is 6.32. The van der Waals surface area contributed by atoms with E-state index in [1.807, 2.05) is 30.3 Å². The molecule has 0 saturated heterocycles. The predicted octanol–water partition coefficient (Wildman–Crippen LogP) is 3.37. The Bertz CT molecular complexity index is 1110. The van der Waals surface area contributed by atoms with Crippen LogP contribution in [0, 0.1) is 0 Å². The summed E-state index contributed by atoms with van der Waals surface area (Å²) in [7, 11) is -3.68. The monoisotopic (exact) mass is 434 g/mol. The van der Waals surface area contributed by atoms with Crippen molar-refractivity contribution in [2.75, 3.05) is 28.2 Å². The fourth-order valence-electron chi connectivity index (χ4n) is 2.54. The first kappa shape index (κ1) is 20.3. The van der Waals surface area contributed by atoms with Crippen LogP contribution in [-0.2, 0) is 14.8 Å². The summed E-state index contributed by atoms with van der Waals surface area (Å²) in [5, 5.41) is 12.5. The number of anilines is 2. The predicted molar refractivity (Wildman–Crippen MR) is 116 cm³/mol. The minimum Gasteiger partial charge on any atom is -0.299 e. The zero-order valence-corrected chi connectivity index (χ0v) is 17.5. The van der Waals surface area contributed by atoms with Gasteiger partial charge in [0.2, 0.25) is 21.1 Å². The van der Waals surface area contributed by atoms with Gasteiger partial charge in [0.15, 0.2) is 4.34 Å². The van der Waals surface area contributed by atoms with Crippen molar-refractivity contribution in [2.24, 2.45) is 0 Å². The van der Waals surface area contributed by atoms with Gasteiger partial charge < -0.3 is 0 Å². The topological polar surface area (TPSA) is 92.3 Å². The number of nitrogens with zero attached hydrogens (tertiary/aromatic N) is 3. The number of rotatable bonds is 8. The van der Waals surface area contributed by atoms with Crippen molar-refractivity contribution >= 4 is 60.6 Å². The first-order valence-corrected chi connectivity index (χ1v) is 11.9. The van der Waals surface area contributed by atoms with Gasteiger partial charge >= 0.3 is 0 Å². The van der Waals surface area contributed by atoms with Crippen LogP contribution >= 0.6 is 23.1 Å². The second-order valence-electron chi connectivity index (χ2n) is 5.79. The summed E-state index contributed by atoms with van der Waals surface area (Å²) in [6.45, 7) is 3.28. The molecule has 0 spiro atoms. The molecular formula is C18H18N4O3S3. The van der Waals surface area contributed by atoms with E-state index in [1.54, 1.807) is 18.2 Å². The molecular weight excluding hydrogens is 416 g/mol. The Balaban J connectivity index is 1.82. The lowest BCUT2D eigenvalue weighted by atomic mass is 10.1. The second kappa shape index (κ2) is 8.72. The van der Waals surface area contributed by atoms with Crippen LogP contribution in [0.3, 0.4) is 0 Å². The molecule has 1 amide bonds. The van der Waals surface area contributed by atoms with Gasteiger partial charge in [-0.1, -0.05) is 65.6 Å². The van der Waals surface area contributed by atoms with Gasteiger partial charge in [-0.15, -0.1) is 16.8 Å². The smallest absolute Gasteiger partial charge is 0.246 e. The maximum Gasteiger partial charge on any atom is 0.246 e. The van der Waals surface area contributed by atoms with Crippen molar-refractivity contribution in [3.63, 3.8) is 0 Å². The van der Waals surface area contributed by atoms with Crippen molar-refractivity contribution in [1.82, 2.24) is 10.2 Å². The molecule has 0 aliphatic rings. The van der Waals surface area contributed by atoms with E-state index in [1.165, 1.54) is 23.1 Å². The maximum atomic E-state index is 12.5. The van der Waals surface area contributed by atoms with Crippen molar-refractivity contribution in [2.45, 2.75) is 4.34 Å². The molecule has 146 valence electrons. The fraction of sp³-hybridized carbons (Fsp3) is 0.167. The Labute approximate surface area is 171 Å². The highest BCUT2D eigenvalue weighted by molar-refractivity contribution is 8.01. The van der Waals surface area contributed by atoms with Crippen LogP contribution in [-0.4, -0.2) is 43.1 Å². The normalized spacial score (nSPS) is 11.3. The molecule has 1 aromatic heterocycles. The van der Waals surface area contributed by atoms with Gasteiger partial charge in [-0.25, -0.2) is 8.42 Å². The van der Waals surface area contributed by atoms with Crippen LogP contribution < -0.4 is 9.62 Å². The third-order valence-electron chi connectivity index (χ3n) is 3.70. The summed E-state index contributed by atoms with van der Waals surface area (Å²) in [6, 6.07) is 12.8. The van der Waals surface area contributed by atoms with Gasteiger partial charge in [0.05, 0.1) is 11.9 Å². The van der Waals surface area contributed by atoms with E-state index in [2.05, 4.69) is 22.1 Å². The SMILES string of the molecule is C=CCSc1nnc(NC(=O)CN(c2cccc3ccccc23)S(C)(=O)=O)s1. The standard InChI is InChI=1S/C18H18N4O3S3/c1-3-11-26-18-21-20-17(27-18)19-16(23)12-22(28(2,24)25)15-10-6-8-13-7-4-5-9-14(13)15/h3-10H,1,11-12H2,2H3,(H,19,20,23). The Hall–Kier alpha value is -2.43. The van der Waals surface area contributed by atoms with Crippen LogP contribution in [0.25, 0.3) is 10.8 Å². The van der Waals surface area contributed by atoms with E-state index in [9.17, 15) is 13.2 Å². The number of amides is 1. The average Bonchev–Trinajstić information content (AvgIpc) is 3.10. The number of hydrogen-bond acceptors (Lipinski definition) is 7. The molecule has 0 aliphatic carbocycles. The fourth-order valence-corrected chi connectivity index (χ4v) is 4.94. The number of thioether (sulfide) groups is 1. The third-order valence-corrected chi connectivity index (χ3v) is 6.79. The summed E-state index contributed by atoms with van der Waals surface area (Å²) in [5.74, 6) is 0.195. The van der Waals surface area contributed by atoms with Crippen LogP contribution in [0.2, 0.25) is 0 Å². The summed E-state index contributed by atoms with van der Waals surface area (Å²) in [5.41, 5.74) is 0.454. The highest BCUT2D eigenvalue weighted by Gasteiger charge is 2.23. The third kappa shape index (κ3) is 4.89. The van der Waals surface area contributed by atoms with E-state index < -0.39 is 15.9 Å². The van der Waals surface area contributed by atoms with E-state index >= 15 is 0 Å². The van der Waals surface area contributed by atoms with Gasteiger partial charge in [0.25, 0.3) is 0 Å². The Morgan fingerprint density at radius 2 is 2.00 bits per heavy atom. The highest BCUT2D eigenvalue weighted by Crippen LogP contribution is 2.29. The molecule has 0 bridgehead atoms. The molecule has 0 radical (unpaired) electrons. The molecule has 0 fully saturated rings. The number of hydrogen-bond donors (Lipinski definition) is 1. The maximum absolute atomic E-state index is 12.5. The molecule has 1 N–H and O–H groups in total. The number of benzene rings is 2.